The van der Waals surface area contributed by atoms with Crippen LogP contribution in [0, 0.1) is 5.41 Å². The fourth-order valence-electron chi connectivity index (χ4n) is 2.71. The molecule has 1 aliphatic rings. The number of carbonyl (C=O) groups is 1. The van der Waals surface area contributed by atoms with Crippen molar-refractivity contribution in [2.45, 2.75) is 20.8 Å². The van der Waals surface area contributed by atoms with Gasteiger partial charge in [-0.25, -0.2) is 0 Å². The first kappa shape index (κ1) is 19.5. The second-order valence-corrected chi connectivity index (χ2v) is 7.50. The van der Waals surface area contributed by atoms with Gasteiger partial charge in [0.05, 0.1) is 13.2 Å². The van der Waals surface area contributed by atoms with Crippen molar-refractivity contribution in [2.24, 2.45) is 5.41 Å². The summed E-state index contributed by atoms with van der Waals surface area (Å²) in [7, 11) is 0. The number of amides is 1. The van der Waals surface area contributed by atoms with E-state index in [4.69, 9.17) is 9.47 Å². The van der Waals surface area contributed by atoms with Gasteiger partial charge in [-0.3, -0.25) is 9.69 Å². The van der Waals surface area contributed by atoms with E-state index in [9.17, 15) is 4.79 Å². The Labute approximate surface area is 151 Å². The second-order valence-electron chi connectivity index (χ2n) is 7.50. The van der Waals surface area contributed by atoms with E-state index in [1.54, 1.807) is 11.1 Å². The molecular weight excluding hydrogens is 316 g/mol. The Hall–Kier alpha value is -1.85. The van der Waals surface area contributed by atoms with Crippen LogP contribution < -0.4 is 4.74 Å². The summed E-state index contributed by atoms with van der Waals surface area (Å²) < 4.78 is 11.1. The zero-order valence-corrected chi connectivity index (χ0v) is 15.7. The molecule has 1 aromatic rings. The minimum atomic E-state index is -0.0372. The van der Waals surface area contributed by atoms with Gasteiger partial charge in [0.1, 0.15) is 12.4 Å². The molecule has 138 valence electrons. The molecule has 0 aliphatic carbocycles. The Morgan fingerprint density at radius 1 is 1.28 bits per heavy atom. The van der Waals surface area contributed by atoms with Gasteiger partial charge in [-0.2, -0.15) is 0 Å². The Morgan fingerprint density at radius 2 is 1.92 bits per heavy atom. The summed E-state index contributed by atoms with van der Waals surface area (Å²) in [4.78, 5) is 16.6. The van der Waals surface area contributed by atoms with Gasteiger partial charge in [0, 0.05) is 31.7 Å². The monoisotopic (exact) mass is 346 g/mol. The van der Waals surface area contributed by atoms with Gasteiger partial charge in [0.25, 0.3) is 5.91 Å². The minimum Gasteiger partial charge on any atom is -0.492 e. The molecule has 1 aromatic carbocycles. The van der Waals surface area contributed by atoms with Crippen LogP contribution in [0.15, 0.2) is 37.0 Å². The lowest BCUT2D eigenvalue weighted by Gasteiger charge is -2.27. The molecule has 25 heavy (non-hydrogen) atoms. The van der Waals surface area contributed by atoms with Crippen LogP contribution in [-0.2, 0) is 4.74 Å². The van der Waals surface area contributed by atoms with Crippen molar-refractivity contribution in [3.8, 4) is 5.75 Å². The predicted octanol–water partition coefficient (Wildman–Crippen LogP) is 3.03. The highest BCUT2D eigenvalue weighted by atomic mass is 16.5. The quantitative estimate of drug-likeness (QED) is 0.761. The lowest BCUT2D eigenvalue weighted by molar-refractivity contribution is 0.0322. The van der Waals surface area contributed by atoms with Crippen molar-refractivity contribution in [2.75, 3.05) is 46.0 Å². The number of nitrogens with zero attached hydrogens (tertiary/aromatic N) is 2. The van der Waals surface area contributed by atoms with Gasteiger partial charge in [-0.15, -0.1) is 0 Å². The molecule has 0 N–H and O–H groups in total. The number of benzene rings is 1. The van der Waals surface area contributed by atoms with Crippen LogP contribution in [0.1, 0.15) is 31.1 Å². The third-order valence-corrected chi connectivity index (χ3v) is 4.01. The first-order valence-corrected chi connectivity index (χ1v) is 8.85. The zero-order chi connectivity index (χ0) is 18.3. The third-order valence-electron chi connectivity index (χ3n) is 4.01. The van der Waals surface area contributed by atoms with Crippen LogP contribution in [0.5, 0.6) is 5.75 Å². The molecule has 2 rings (SSSR count). The van der Waals surface area contributed by atoms with E-state index in [1.807, 2.05) is 24.3 Å². The maximum absolute atomic E-state index is 12.6. The molecule has 1 amide bonds. The number of morpholine rings is 1. The molecule has 1 heterocycles. The molecule has 0 spiro atoms. The van der Waals surface area contributed by atoms with E-state index in [0.717, 1.165) is 38.6 Å². The Bertz CT molecular complexity index is 557. The first-order chi connectivity index (χ1) is 11.9. The van der Waals surface area contributed by atoms with E-state index >= 15 is 0 Å². The van der Waals surface area contributed by atoms with Gasteiger partial charge in [-0.1, -0.05) is 27.4 Å². The lowest BCUT2D eigenvalue weighted by atomic mass is 9.96. The van der Waals surface area contributed by atoms with Gasteiger partial charge in [0.15, 0.2) is 0 Å². The minimum absolute atomic E-state index is 0.0202. The summed E-state index contributed by atoms with van der Waals surface area (Å²) in [5.74, 6) is 0.746. The highest BCUT2D eigenvalue weighted by molar-refractivity contribution is 5.95. The van der Waals surface area contributed by atoms with Crippen molar-refractivity contribution in [1.29, 1.82) is 0 Å². The highest BCUT2D eigenvalue weighted by Gasteiger charge is 2.20. The molecule has 0 atom stereocenters. The molecule has 1 fully saturated rings. The summed E-state index contributed by atoms with van der Waals surface area (Å²) in [5, 5.41) is 0. The average molecular weight is 346 g/mol. The molecule has 0 bridgehead atoms. The van der Waals surface area contributed by atoms with E-state index in [0.29, 0.717) is 18.7 Å². The van der Waals surface area contributed by atoms with E-state index in [2.05, 4.69) is 32.3 Å². The molecule has 5 heteroatoms. The van der Waals surface area contributed by atoms with E-state index in [1.165, 1.54) is 0 Å². The number of hydrogen-bond donors (Lipinski definition) is 0. The molecule has 1 saturated heterocycles. The smallest absolute Gasteiger partial charge is 0.257 e. The summed E-state index contributed by atoms with van der Waals surface area (Å²) in [6.45, 7) is 15.7. The Morgan fingerprint density at radius 3 is 2.48 bits per heavy atom. The molecular formula is C20H30N2O3. The largest absolute Gasteiger partial charge is 0.492 e. The average Bonchev–Trinajstić information content (AvgIpc) is 2.60. The van der Waals surface area contributed by atoms with Crippen LogP contribution >= 0.6 is 0 Å². The fraction of sp³-hybridized carbons (Fsp3) is 0.550. The van der Waals surface area contributed by atoms with E-state index < -0.39 is 0 Å². The van der Waals surface area contributed by atoms with Crippen molar-refractivity contribution in [1.82, 2.24) is 9.80 Å². The number of hydrogen-bond acceptors (Lipinski definition) is 4. The van der Waals surface area contributed by atoms with Gasteiger partial charge in [-0.05, 0) is 35.9 Å². The zero-order valence-electron chi connectivity index (χ0n) is 15.7. The van der Waals surface area contributed by atoms with E-state index in [-0.39, 0.29) is 11.3 Å². The summed E-state index contributed by atoms with van der Waals surface area (Å²) >= 11 is 0. The maximum atomic E-state index is 12.6. The predicted molar refractivity (Wildman–Crippen MR) is 99.9 cm³/mol. The van der Waals surface area contributed by atoms with Crippen LogP contribution in [0.2, 0.25) is 0 Å². The summed E-state index contributed by atoms with van der Waals surface area (Å²) in [5.41, 5.74) is 0.663. The molecule has 0 aromatic heterocycles. The standard InChI is InChI=1S/C20H30N2O3/c1-5-22(16-20(2,3)4)19(23)17-6-8-18(9-7-17)25-15-12-21-10-13-24-14-11-21/h5-9H,1,10-16H2,2-4H3. The summed E-state index contributed by atoms with van der Waals surface area (Å²) in [6.07, 6.45) is 1.60. The Balaban J connectivity index is 1.85. The van der Waals surface area contributed by atoms with Gasteiger partial charge >= 0.3 is 0 Å². The Kier molecular flexibility index (Phi) is 7.02. The fourth-order valence-corrected chi connectivity index (χ4v) is 2.71. The van der Waals surface area contributed by atoms with Gasteiger partial charge in [0.2, 0.25) is 0 Å². The van der Waals surface area contributed by atoms with Crippen LogP contribution in [-0.4, -0.2) is 61.7 Å². The number of rotatable bonds is 7. The maximum Gasteiger partial charge on any atom is 0.257 e. The van der Waals surface area contributed by atoms with Crippen molar-refractivity contribution >= 4 is 5.91 Å². The summed E-state index contributed by atoms with van der Waals surface area (Å²) in [6, 6.07) is 7.33. The second kappa shape index (κ2) is 9.02. The molecule has 5 nitrogen and oxygen atoms in total. The molecule has 1 aliphatic heterocycles. The van der Waals surface area contributed by atoms with Crippen molar-refractivity contribution in [3.63, 3.8) is 0 Å². The molecule has 0 saturated carbocycles. The molecule has 0 unspecified atom stereocenters. The normalized spacial score (nSPS) is 15.6. The highest BCUT2D eigenvalue weighted by Crippen LogP contribution is 2.19. The third kappa shape index (κ3) is 6.52. The number of ether oxygens (including phenoxy) is 2. The van der Waals surface area contributed by atoms with Crippen LogP contribution in [0.3, 0.4) is 0 Å². The van der Waals surface area contributed by atoms with Crippen LogP contribution in [0.4, 0.5) is 0 Å². The number of carbonyl (C=O) groups excluding carboxylic acids is 1. The topological polar surface area (TPSA) is 42.0 Å². The van der Waals surface area contributed by atoms with Gasteiger partial charge < -0.3 is 14.4 Å². The molecule has 0 radical (unpaired) electrons. The first-order valence-electron chi connectivity index (χ1n) is 8.85. The van der Waals surface area contributed by atoms with Crippen molar-refractivity contribution in [3.05, 3.63) is 42.6 Å². The van der Waals surface area contributed by atoms with Crippen molar-refractivity contribution < 1.29 is 14.3 Å². The SMILES string of the molecule is C=CN(CC(C)(C)C)C(=O)c1ccc(OCCN2CCOCC2)cc1. The lowest BCUT2D eigenvalue weighted by Crippen LogP contribution is -2.38. The van der Waals surface area contributed by atoms with Crippen LogP contribution in [0.25, 0.3) is 0 Å².